The Hall–Kier alpha value is -1.58. The third-order valence-corrected chi connectivity index (χ3v) is 2.82. The van der Waals surface area contributed by atoms with Gasteiger partial charge in [-0.05, 0) is 12.5 Å². The highest BCUT2D eigenvalue weighted by Gasteiger charge is 1.99. The average Bonchev–Trinajstić information content (AvgIpc) is 2.79. The average molecular weight is 250 g/mol. The topological polar surface area (TPSA) is 66.0 Å². The molecule has 4 heteroatoms. The Labute approximate surface area is 108 Å². The summed E-state index contributed by atoms with van der Waals surface area (Å²) < 4.78 is 0. The molecule has 2 N–H and O–H groups in total. The van der Waals surface area contributed by atoms with Crippen LogP contribution < -0.4 is 0 Å². The van der Waals surface area contributed by atoms with Crippen LogP contribution in [0.15, 0.2) is 12.3 Å². The second kappa shape index (κ2) is 8.50. The number of hydrogen-bond acceptors (Lipinski definition) is 2. The number of carboxylic acids is 1. The van der Waals surface area contributed by atoms with E-state index in [1.807, 2.05) is 0 Å². The number of imidazole rings is 1. The van der Waals surface area contributed by atoms with Gasteiger partial charge in [-0.25, -0.2) is 9.78 Å². The van der Waals surface area contributed by atoms with Crippen molar-refractivity contribution in [3.05, 3.63) is 23.8 Å². The Morgan fingerprint density at radius 3 is 2.78 bits per heavy atom. The molecule has 0 saturated heterocycles. The number of aromatic nitrogens is 2. The molecule has 0 aliphatic heterocycles. The van der Waals surface area contributed by atoms with E-state index in [9.17, 15) is 4.79 Å². The van der Waals surface area contributed by atoms with Crippen molar-refractivity contribution >= 4 is 12.0 Å². The van der Waals surface area contributed by atoms with Gasteiger partial charge in [0.2, 0.25) is 0 Å². The number of carboxylic acid groups (broad SMARTS) is 1. The summed E-state index contributed by atoms with van der Waals surface area (Å²) in [5.41, 5.74) is 0.749. The molecule has 100 valence electrons. The predicted octanol–water partition coefficient (Wildman–Crippen LogP) is 3.41. The number of carbonyl (C=O) groups is 1. The molecule has 1 rings (SSSR count). The van der Waals surface area contributed by atoms with Gasteiger partial charge in [0, 0.05) is 12.5 Å². The fraction of sp³-hybridized carbons (Fsp3) is 0.571. The second-order valence-electron chi connectivity index (χ2n) is 4.47. The fourth-order valence-corrected chi connectivity index (χ4v) is 1.82. The molecule has 1 aromatic rings. The smallest absolute Gasteiger partial charge is 0.328 e. The van der Waals surface area contributed by atoms with Crippen molar-refractivity contribution in [1.82, 2.24) is 9.97 Å². The van der Waals surface area contributed by atoms with E-state index >= 15 is 0 Å². The highest BCUT2D eigenvalue weighted by molar-refractivity contribution is 5.84. The normalized spacial score (nSPS) is 11.2. The maximum Gasteiger partial charge on any atom is 0.328 e. The summed E-state index contributed by atoms with van der Waals surface area (Å²) in [6.45, 7) is 2.22. The number of nitrogens with zero attached hydrogens (tertiary/aromatic N) is 1. The second-order valence-corrected chi connectivity index (χ2v) is 4.47. The summed E-state index contributed by atoms with van der Waals surface area (Å²) in [5, 5.41) is 8.50. The van der Waals surface area contributed by atoms with Gasteiger partial charge >= 0.3 is 5.97 Å². The molecular formula is C14H22N2O2. The molecular weight excluding hydrogens is 228 g/mol. The summed E-state index contributed by atoms with van der Waals surface area (Å²) in [6, 6.07) is 0. The number of aromatic amines is 1. The molecule has 0 atom stereocenters. The Balaban J connectivity index is 2.21. The Morgan fingerprint density at radius 1 is 1.33 bits per heavy atom. The molecule has 0 aliphatic carbocycles. The minimum Gasteiger partial charge on any atom is -0.478 e. The summed E-state index contributed by atoms with van der Waals surface area (Å²) in [4.78, 5) is 17.7. The number of aliphatic carboxylic acids is 1. The molecule has 18 heavy (non-hydrogen) atoms. The first kappa shape index (κ1) is 14.5. The van der Waals surface area contributed by atoms with Crippen molar-refractivity contribution in [3.63, 3.8) is 0 Å². The lowest BCUT2D eigenvalue weighted by Gasteiger charge is -1.98. The van der Waals surface area contributed by atoms with Crippen LogP contribution in [-0.4, -0.2) is 21.0 Å². The predicted molar refractivity (Wildman–Crippen MR) is 72.3 cm³/mol. The maximum absolute atomic E-state index is 10.4. The van der Waals surface area contributed by atoms with Crippen LogP contribution in [0.1, 0.15) is 57.0 Å². The van der Waals surface area contributed by atoms with Gasteiger partial charge < -0.3 is 10.1 Å². The molecule has 0 aromatic carbocycles. The largest absolute Gasteiger partial charge is 0.478 e. The van der Waals surface area contributed by atoms with Crippen LogP contribution in [-0.2, 0) is 11.2 Å². The van der Waals surface area contributed by atoms with Gasteiger partial charge in [0.05, 0.1) is 11.9 Å². The van der Waals surface area contributed by atoms with Gasteiger partial charge in [0.15, 0.2) is 0 Å². The fourth-order valence-electron chi connectivity index (χ4n) is 1.82. The molecule has 0 fully saturated rings. The lowest BCUT2D eigenvalue weighted by Crippen LogP contribution is -1.89. The third kappa shape index (κ3) is 6.23. The molecule has 1 heterocycles. The Morgan fingerprint density at radius 2 is 2.06 bits per heavy atom. The number of unbranched alkanes of at least 4 members (excludes halogenated alkanes) is 5. The molecule has 1 aromatic heterocycles. The van der Waals surface area contributed by atoms with Crippen LogP contribution in [0.3, 0.4) is 0 Å². The monoisotopic (exact) mass is 250 g/mol. The zero-order chi connectivity index (χ0) is 13.2. The molecule has 0 spiro atoms. The number of H-pyrrole nitrogens is 1. The summed E-state index contributed by atoms with van der Waals surface area (Å²) >= 11 is 0. The highest BCUT2D eigenvalue weighted by atomic mass is 16.4. The maximum atomic E-state index is 10.4. The van der Waals surface area contributed by atoms with Crippen molar-refractivity contribution in [2.75, 3.05) is 0 Å². The van der Waals surface area contributed by atoms with E-state index in [0.717, 1.165) is 30.4 Å². The van der Waals surface area contributed by atoms with Gasteiger partial charge in [-0.2, -0.15) is 0 Å². The number of nitrogens with one attached hydrogen (secondary N) is 1. The lowest BCUT2D eigenvalue weighted by atomic mass is 10.1. The van der Waals surface area contributed by atoms with E-state index in [-0.39, 0.29) is 0 Å². The van der Waals surface area contributed by atoms with Crippen molar-refractivity contribution in [1.29, 1.82) is 0 Å². The summed E-state index contributed by atoms with van der Waals surface area (Å²) in [7, 11) is 0. The molecule has 0 radical (unpaired) electrons. The van der Waals surface area contributed by atoms with E-state index in [0.29, 0.717) is 0 Å². The van der Waals surface area contributed by atoms with E-state index in [4.69, 9.17) is 5.11 Å². The lowest BCUT2D eigenvalue weighted by molar-refractivity contribution is -0.131. The molecule has 4 nitrogen and oxygen atoms in total. The third-order valence-electron chi connectivity index (χ3n) is 2.82. The first-order chi connectivity index (χ1) is 8.72. The Bertz CT molecular complexity index is 383. The standard InChI is InChI=1S/C14H22N2O2/c1-2-3-4-5-6-7-8-13-15-11-12(16-13)9-10-14(17)18/h9-11H,2-8H2,1H3,(H,15,16)(H,17,18). The van der Waals surface area contributed by atoms with Gasteiger partial charge in [0.1, 0.15) is 5.82 Å². The number of rotatable bonds is 9. The van der Waals surface area contributed by atoms with E-state index in [1.165, 1.54) is 38.2 Å². The molecule has 0 unspecified atom stereocenters. The first-order valence-corrected chi connectivity index (χ1v) is 6.67. The first-order valence-electron chi connectivity index (χ1n) is 6.67. The van der Waals surface area contributed by atoms with E-state index in [1.54, 1.807) is 6.20 Å². The number of hydrogen-bond donors (Lipinski definition) is 2. The SMILES string of the molecule is CCCCCCCCc1ncc(C=CC(=O)O)[nH]1. The molecule has 0 aliphatic rings. The number of aryl methyl sites for hydroxylation is 1. The van der Waals surface area contributed by atoms with Gasteiger partial charge in [-0.1, -0.05) is 39.0 Å². The van der Waals surface area contributed by atoms with Crippen molar-refractivity contribution < 1.29 is 9.90 Å². The van der Waals surface area contributed by atoms with Gasteiger partial charge in [-0.15, -0.1) is 0 Å². The van der Waals surface area contributed by atoms with Gasteiger partial charge in [0.25, 0.3) is 0 Å². The highest BCUT2D eigenvalue weighted by Crippen LogP contribution is 2.08. The minimum atomic E-state index is -0.943. The zero-order valence-electron chi connectivity index (χ0n) is 11.0. The van der Waals surface area contributed by atoms with Crippen molar-refractivity contribution in [3.8, 4) is 0 Å². The summed E-state index contributed by atoms with van der Waals surface area (Å²) in [6.07, 6.45) is 12.8. The van der Waals surface area contributed by atoms with Crippen molar-refractivity contribution in [2.24, 2.45) is 0 Å². The molecule has 0 bridgehead atoms. The van der Waals surface area contributed by atoms with Crippen LogP contribution in [0, 0.1) is 0 Å². The van der Waals surface area contributed by atoms with Crippen LogP contribution in [0.5, 0.6) is 0 Å². The van der Waals surface area contributed by atoms with Crippen molar-refractivity contribution in [2.45, 2.75) is 51.9 Å². The minimum absolute atomic E-state index is 0.749. The van der Waals surface area contributed by atoms with E-state index < -0.39 is 5.97 Å². The van der Waals surface area contributed by atoms with Crippen LogP contribution in [0.25, 0.3) is 6.08 Å². The zero-order valence-corrected chi connectivity index (χ0v) is 11.0. The molecule has 0 amide bonds. The van der Waals surface area contributed by atoms with E-state index in [2.05, 4.69) is 16.9 Å². The quantitative estimate of drug-likeness (QED) is 0.521. The van der Waals surface area contributed by atoms with Crippen LogP contribution >= 0.6 is 0 Å². The molecule has 0 saturated carbocycles. The van der Waals surface area contributed by atoms with Gasteiger partial charge in [-0.3, -0.25) is 0 Å². The van der Waals surface area contributed by atoms with Crippen LogP contribution in [0.4, 0.5) is 0 Å². The Kier molecular flexibility index (Phi) is 6.84. The van der Waals surface area contributed by atoms with Crippen LogP contribution in [0.2, 0.25) is 0 Å². The summed E-state index contributed by atoms with van der Waals surface area (Å²) in [5.74, 6) is -0.00222.